The maximum atomic E-state index is 13.7. The lowest BCUT2D eigenvalue weighted by Gasteiger charge is -2.24. The van der Waals surface area contributed by atoms with Gasteiger partial charge in [0.25, 0.3) is 5.56 Å². The molecule has 0 bridgehead atoms. The van der Waals surface area contributed by atoms with Crippen molar-refractivity contribution in [3.63, 3.8) is 0 Å². The van der Waals surface area contributed by atoms with Crippen LogP contribution in [0.25, 0.3) is 6.08 Å². The van der Waals surface area contributed by atoms with E-state index in [0.717, 1.165) is 11.1 Å². The lowest BCUT2D eigenvalue weighted by atomic mass is 9.87. The van der Waals surface area contributed by atoms with Gasteiger partial charge in [-0.1, -0.05) is 81.2 Å². The van der Waals surface area contributed by atoms with Crippen LogP contribution in [0.5, 0.6) is 5.75 Å². The molecule has 0 spiro atoms. The SMILES string of the molecule is C=CCOC(=O)C1=C(C)N=c2s/c(=C\c3ccc(C(C)(C)C)cc3)c(=O)n2[C@@H]1c1ccc(OC)cc1. The van der Waals surface area contributed by atoms with Crippen LogP contribution in [0.15, 0.2) is 82.2 Å². The molecule has 0 fully saturated rings. The van der Waals surface area contributed by atoms with E-state index in [9.17, 15) is 9.59 Å². The number of ether oxygens (including phenoxy) is 2. The third-order valence-electron chi connectivity index (χ3n) is 6.08. The molecule has 0 amide bonds. The molecule has 0 N–H and O–H groups in total. The maximum absolute atomic E-state index is 13.7. The summed E-state index contributed by atoms with van der Waals surface area (Å²) < 4.78 is 12.8. The van der Waals surface area contributed by atoms with Gasteiger partial charge in [0.05, 0.1) is 29.0 Å². The van der Waals surface area contributed by atoms with Gasteiger partial charge in [-0.25, -0.2) is 9.79 Å². The molecule has 0 saturated heterocycles. The molecular formula is C29H30N2O4S. The average molecular weight is 503 g/mol. The Morgan fingerprint density at radius 2 is 1.81 bits per heavy atom. The lowest BCUT2D eigenvalue weighted by Crippen LogP contribution is -2.39. The van der Waals surface area contributed by atoms with Crippen molar-refractivity contribution in [2.24, 2.45) is 4.99 Å². The molecule has 0 radical (unpaired) electrons. The molecule has 2 heterocycles. The molecule has 7 heteroatoms. The minimum atomic E-state index is -0.671. The monoisotopic (exact) mass is 502 g/mol. The van der Waals surface area contributed by atoms with Gasteiger partial charge >= 0.3 is 5.97 Å². The largest absolute Gasteiger partial charge is 0.497 e. The fourth-order valence-corrected chi connectivity index (χ4v) is 5.17. The number of rotatable bonds is 6. The van der Waals surface area contributed by atoms with Gasteiger partial charge in [-0.3, -0.25) is 9.36 Å². The van der Waals surface area contributed by atoms with Crippen LogP contribution in [0, 0.1) is 0 Å². The minimum absolute atomic E-state index is 0.0460. The van der Waals surface area contributed by atoms with E-state index >= 15 is 0 Å². The molecule has 1 aliphatic rings. The van der Waals surface area contributed by atoms with Crippen LogP contribution in [-0.4, -0.2) is 24.3 Å². The molecule has 1 atom stereocenters. The molecule has 6 nitrogen and oxygen atoms in total. The number of carbonyl (C=O) groups is 1. The molecular weight excluding hydrogens is 472 g/mol. The molecule has 36 heavy (non-hydrogen) atoms. The Balaban J connectivity index is 1.87. The number of benzene rings is 2. The van der Waals surface area contributed by atoms with Gasteiger partial charge in [0.2, 0.25) is 0 Å². The summed E-state index contributed by atoms with van der Waals surface area (Å²) in [6, 6.07) is 14.9. The van der Waals surface area contributed by atoms with Crippen molar-refractivity contribution in [3.8, 4) is 5.75 Å². The van der Waals surface area contributed by atoms with Crippen LogP contribution in [0.2, 0.25) is 0 Å². The maximum Gasteiger partial charge on any atom is 0.338 e. The first kappa shape index (κ1) is 25.4. The average Bonchev–Trinajstić information content (AvgIpc) is 3.15. The number of nitrogens with zero attached hydrogens (tertiary/aromatic N) is 2. The van der Waals surface area contributed by atoms with Crippen molar-refractivity contribution >= 4 is 23.4 Å². The van der Waals surface area contributed by atoms with Crippen molar-refractivity contribution in [2.75, 3.05) is 13.7 Å². The van der Waals surface area contributed by atoms with Crippen LogP contribution in [0.1, 0.15) is 50.4 Å². The standard InChI is InChI=1S/C29H30N2O4S/c1-7-16-35-27(33)24-18(2)30-28-31(25(24)20-10-14-22(34-6)15-11-20)26(32)23(36-28)17-19-8-12-21(13-9-19)29(3,4)5/h7-15,17,25H,1,16H2,2-6H3/b23-17-/t25-/m1/s1. The van der Waals surface area contributed by atoms with Crippen LogP contribution in [-0.2, 0) is 14.9 Å². The van der Waals surface area contributed by atoms with E-state index in [2.05, 4.69) is 44.5 Å². The van der Waals surface area contributed by atoms with Crippen molar-refractivity contribution in [1.82, 2.24) is 4.57 Å². The summed E-state index contributed by atoms with van der Waals surface area (Å²) in [7, 11) is 1.59. The fraction of sp³-hybridized carbons (Fsp3) is 0.276. The first-order valence-electron chi connectivity index (χ1n) is 11.7. The van der Waals surface area contributed by atoms with E-state index in [4.69, 9.17) is 9.47 Å². The normalized spacial score (nSPS) is 15.8. The second-order valence-electron chi connectivity index (χ2n) is 9.61. The summed E-state index contributed by atoms with van der Waals surface area (Å²) >= 11 is 1.31. The number of hydrogen-bond acceptors (Lipinski definition) is 6. The van der Waals surface area contributed by atoms with Gasteiger partial charge < -0.3 is 9.47 Å². The number of allylic oxidation sites excluding steroid dienone is 1. The highest BCUT2D eigenvalue weighted by atomic mass is 32.1. The van der Waals surface area contributed by atoms with Gasteiger partial charge in [0.1, 0.15) is 12.4 Å². The number of fused-ring (bicyclic) bond motifs is 1. The smallest absolute Gasteiger partial charge is 0.338 e. The van der Waals surface area contributed by atoms with Crippen LogP contribution in [0.4, 0.5) is 0 Å². The van der Waals surface area contributed by atoms with E-state index < -0.39 is 12.0 Å². The molecule has 0 unspecified atom stereocenters. The van der Waals surface area contributed by atoms with Gasteiger partial charge in [-0.05, 0) is 47.2 Å². The Kier molecular flexibility index (Phi) is 7.13. The topological polar surface area (TPSA) is 69.9 Å². The summed E-state index contributed by atoms with van der Waals surface area (Å²) in [5.74, 6) is 0.158. The van der Waals surface area contributed by atoms with E-state index in [1.54, 1.807) is 18.6 Å². The number of esters is 1. The fourth-order valence-electron chi connectivity index (χ4n) is 4.13. The zero-order valence-electron chi connectivity index (χ0n) is 21.2. The van der Waals surface area contributed by atoms with Gasteiger partial charge in [0, 0.05) is 0 Å². The molecule has 1 aromatic heterocycles. The Morgan fingerprint density at radius 3 is 2.39 bits per heavy atom. The Labute approximate surface area is 214 Å². The van der Waals surface area contributed by atoms with Gasteiger partial charge in [0.15, 0.2) is 4.80 Å². The van der Waals surface area contributed by atoms with Crippen molar-refractivity contribution in [3.05, 3.63) is 109 Å². The highest BCUT2D eigenvalue weighted by molar-refractivity contribution is 7.07. The molecule has 4 rings (SSSR count). The Bertz CT molecular complexity index is 1500. The third kappa shape index (κ3) is 4.97. The first-order valence-corrected chi connectivity index (χ1v) is 12.5. The summed E-state index contributed by atoms with van der Waals surface area (Å²) in [5.41, 5.74) is 3.60. The summed E-state index contributed by atoms with van der Waals surface area (Å²) in [5, 5.41) is 0. The van der Waals surface area contributed by atoms with Crippen molar-refractivity contribution < 1.29 is 14.3 Å². The highest BCUT2D eigenvalue weighted by Gasteiger charge is 2.33. The van der Waals surface area contributed by atoms with E-state index in [-0.39, 0.29) is 17.6 Å². The Morgan fingerprint density at radius 1 is 1.14 bits per heavy atom. The predicted molar refractivity (Wildman–Crippen MR) is 143 cm³/mol. The summed E-state index contributed by atoms with van der Waals surface area (Å²) in [6.45, 7) is 12.0. The Hall–Kier alpha value is -3.71. The van der Waals surface area contributed by atoms with E-state index in [0.29, 0.717) is 26.4 Å². The van der Waals surface area contributed by atoms with Gasteiger partial charge in [-0.2, -0.15) is 0 Å². The van der Waals surface area contributed by atoms with Crippen LogP contribution < -0.4 is 19.6 Å². The number of methoxy groups -OCH3 is 1. The number of thiazole rings is 1. The van der Waals surface area contributed by atoms with Crippen molar-refractivity contribution in [2.45, 2.75) is 39.2 Å². The summed E-state index contributed by atoms with van der Waals surface area (Å²) in [6.07, 6.45) is 3.38. The molecule has 0 aliphatic carbocycles. The molecule has 0 saturated carbocycles. The minimum Gasteiger partial charge on any atom is -0.497 e. The summed E-state index contributed by atoms with van der Waals surface area (Å²) in [4.78, 5) is 31.9. The first-order chi connectivity index (χ1) is 17.1. The predicted octanol–water partition coefficient (Wildman–Crippen LogP) is 4.27. The molecule has 1 aliphatic heterocycles. The number of hydrogen-bond donors (Lipinski definition) is 0. The molecule has 186 valence electrons. The quantitative estimate of drug-likeness (QED) is 0.373. The molecule has 3 aromatic rings. The zero-order chi connectivity index (χ0) is 26.0. The highest BCUT2D eigenvalue weighted by Crippen LogP contribution is 2.31. The molecule has 2 aromatic carbocycles. The second kappa shape index (κ2) is 10.1. The van der Waals surface area contributed by atoms with Gasteiger partial charge in [-0.15, -0.1) is 0 Å². The second-order valence-corrected chi connectivity index (χ2v) is 10.6. The van der Waals surface area contributed by atoms with Crippen LogP contribution >= 0.6 is 11.3 Å². The van der Waals surface area contributed by atoms with Crippen LogP contribution in [0.3, 0.4) is 0 Å². The zero-order valence-corrected chi connectivity index (χ0v) is 22.0. The third-order valence-corrected chi connectivity index (χ3v) is 7.06. The number of aromatic nitrogens is 1. The number of carbonyl (C=O) groups excluding carboxylic acids is 1. The lowest BCUT2D eigenvalue weighted by molar-refractivity contribution is -0.138. The van der Waals surface area contributed by atoms with E-state index in [1.165, 1.54) is 23.0 Å². The van der Waals surface area contributed by atoms with E-state index in [1.807, 2.05) is 42.5 Å². The van der Waals surface area contributed by atoms with Crippen molar-refractivity contribution in [1.29, 1.82) is 0 Å².